The molecule has 1 heterocycles. The van der Waals surface area contributed by atoms with Gasteiger partial charge in [-0.1, -0.05) is 42.0 Å². The molecule has 22 heavy (non-hydrogen) atoms. The van der Waals surface area contributed by atoms with E-state index in [1.807, 2.05) is 25.2 Å². The molecule has 2 aromatic carbocycles. The van der Waals surface area contributed by atoms with Crippen LogP contribution in [0.4, 0.5) is 5.69 Å². The minimum Gasteiger partial charge on any atom is -0.370 e. The fourth-order valence-electron chi connectivity index (χ4n) is 2.82. The molecule has 0 aromatic heterocycles. The predicted octanol–water partition coefficient (Wildman–Crippen LogP) is 3.17. The molecular formula is C19H20N2O. The van der Waals surface area contributed by atoms with Gasteiger partial charge in [-0.2, -0.15) is 0 Å². The van der Waals surface area contributed by atoms with Gasteiger partial charge in [0.15, 0.2) is 0 Å². The summed E-state index contributed by atoms with van der Waals surface area (Å²) in [4.78, 5) is 13.5. The van der Waals surface area contributed by atoms with E-state index in [2.05, 4.69) is 42.2 Å². The maximum Gasteiger partial charge on any atom is 0.248 e. The van der Waals surface area contributed by atoms with Crippen LogP contribution in [0.1, 0.15) is 27.0 Å². The van der Waals surface area contributed by atoms with E-state index in [1.165, 1.54) is 22.3 Å². The first kappa shape index (κ1) is 14.4. The topological polar surface area (TPSA) is 46.3 Å². The number of carbonyl (C=O) groups excluding carboxylic acids is 1. The first-order valence-electron chi connectivity index (χ1n) is 7.44. The van der Waals surface area contributed by atoms with Gasteiger partial charge < -0.3 is 10.6 Å². The average molecular weight is 292 g/mol. The maximum atomic E-state index is 11.4. The summed E-state index contributed by atoms with van der Waals surface area (Å²) in [6.07, 6.45) is 3.16. The number of nitrogens with zero attached hydrogens (tertiary/aromatic N) is 1. The third-order valence-corrected chi connectivity index (χ3v) is 4.17. The monoisotopic (exact) mass is 292 g/mol. The number of anilines is 1. The van der Waals surface area contributed by atoms with Crippen LogP contribution in [0.2, 0.25) is 0 Å². The Morgan fingerprint density at radius 1 is 1.18 bits per heavy atom. The summed E-state index contributed by atoms with van der Waals surface area (Å²) < 4.78 is 0. The van der Waals surface area contributed by atoms with Crippen LogP contribution in [0.3, 0.4) is 0 Å². The van der Waals surface area contributed by atoms with Crippen LogP contribution >= 0.6 is 0 Å². The molecule has 0 radical (unpaired) electrons. The Balaban J connectivity index is 1.95. The largest absolute Gasteiger partial charge is 0.370 e. The van der Waals surface area contributed by atoms with E-state index in [1.54, 1.807) is 0 Å². The van der Waals surface area contributed by atoms with Gasteiger partial charge in [0.2, 0.25) is 5.91 Å². The van der Waals surface area contributed by atoms with Crippen molar-refractivity contribution in [2.45, 2.75) is 13.3 Å². The second kappa shape index (κ2) is 5.68. The molecule has 1 aliphatic heterocycles. The van der Waals surface area contributed by atoms with Crippen molar-refractivity contribution in [3.05, 3.63) is 70.8 Å². The molecule has 3 nitrogen and oxygen atoms in total. The number of nitrogens with two attached hydrogens (primary N) is 1. The third-order valence-electron chi connectivity index (χ3n) is 4.17. The third kappa shape index (κ3) is 2.75. The molecule has 0 spiro atoms. The van der Waals surface area contributed by atoms with Gasteiger partial charge in [-0.15, -0.1) is 0 Å². The van der Waals surface area contributed by atoms with Gasteiger partial charge in [0.1, 0.15) is 0 Å². The van der Waals surface area contributed by atoms with Crippen LogP contribution in [0, 0.1) is 6.92 Å². The summed E-state index contributed by atoms with van der Waals surface area (Å²) >= 11 is 0. The molecule has 0 aliphatic carbocycles. The van der Waals surface area contributed by atoms with Crippen molar-refractivity contribution in [1.82, 2.24) is 0 Å². The fraction of sp³-hybridized carbons (Fsp3) is 0.211. The molecular weight excluding hydrogens is 272 g/mol. The highest BCUT2D eigenvalue weighted by Crippen LogP contribution is 2.33. The number of carbonyl (C=O) groups is 1. The summed E-state index contributed by atoms with van der Waals surface area (Å²) in [6.45, 7) is 2.94. The minimum atomic E-state index is -0.383. The number of benzene rings is 2. The fourth-order valence-corrected chi connectivity index (χ4v) is 2.82. The van der Waals surface area contributed by atoms with Gasteiger partial charge in [-0.25, -0.2) is 0 Å². The SMILES string of the molecule is Cc1ccc(CC2=CCN(C)c3cc(C(N)=O)ccc32)cc1. The highest BCUT2D eigenvalue weighted by atomic mass is 16.1. The van der Waals surface area contributed by atoms with Crippen molar-refractivity contribution in [3.63, 3.8) is 0 Å². The molecule has 3 heteroatoms. The van der Waals surface area contributed by atoms with E-state index in [0.29, 0.717) is 5.56 Å². The Morgan fingerprint density at radius 2 is 1.91 bits per heavy atom. The summed E-state index contributed by atoms with van der Waals surface area (Å²) in [5, 5.41) is 0. The quantitative estimate of drug-likeness (QED) is 0.944. The Labute approximate surface area is 131 Å². The van der Waals surface area contributed by atoms with E-state index in [4.69, 9.17) is 5.73 Å². The lowest BCUT2D eigenvalue weighted by Gasteiger charge is -2.28. The molecule has 0 bridgehead atoms. The number of hydrogen-bond donors (Lipinski definition) is 1. The zero-order chi connectivity index (χ0) is 15.7. The summed E-state index contributed by atoms with van der Waals surface area (Å²) in [5.74, 6) is -0.383. The van der Waals surface area contributed by atoms with Gasteiger partial charge in [0.25, 0.3) is 0 Å². The van der Waals surface area contributed by atoms with Crippen molar-refractivity contribution >= 4 is 17.2 Å². The van der Waals surface area contributed by atoms with Crippen molar-refractivity contribution in [2.75, 3.05) is 18.5 Å². The van der Waals surface area contributed by atoms with Gasteiger partial charge >= 0.3 is 0 Å². The van der Waals surface area contributed by atoms with Crippen LogP contribution in [-0.4, -0.2) is 19.5 Å². The van der Waals surface area contributed by atoms with E-state index < -0.39 is 0 Å². The van der Waals surface area contributed by atoms with Crippen LogP contribution in [0.15, 0.2) is 48.5 Å². The van der Waals surface area contributed by atoms with Gasteiger partial charge in [-0.05, 0) is 36.6 Å². The number of allylic oxidation sites excluding steroid dienone is 1. The number of likely N-dealkylation sites (N-methyl/N-ethyl adjacent to an activating group) is 1. The number of primary amides is 1. The molecule has 1 aliphatic rings. The molecule has 3 rings (SSSR count). The molecule has 0 fully saturated rings. The summed E-state index contributed by atoms with van der Waals surface area (Å²) in [6, 6.07) is 14.3. The van der Waals surface area contributed by atoms with E-state index >= 15 is 0 Å². The summed E-state index contributed by atoms with van der Waals surface area (Å²) in [7, 11) is 2.03. The van der Waals surface area contributed by atoms with Crippen LogP contribution in [-0.2, 0) is 6.42 Å². The van der Waals surface area contributed by atoms with E-state index in [9.17, 15) is 4.79 Å². The Hall–Kier alpha value is -2.55. The van der Waals surface area contributed by atoms with Gasteiger partial charge in [0, 0.05) is 30.4 Å². The predicted molar refractivity (Wildman–Crippen MR) is 91.1 cm³/mol. The normalized spacial score (nSPS) is 13.5. The Kier molecular flexibility index (Phi) is 3.72. The number of amides is 1. The highest BCUT2D eigenvalue weighted by Gasteiger charge is 2.18. The maximum absolute atomic E-state index is 11.4. The van der Waals surface area contributed by atoms with Gasteiger partial charge in [-0.3, -0.25) is 4.79 Å². The zero-order valence-electron chi connectivity index (χ0n) is 13.0. The van der Waals surface area contributed by atoms with Gasteiger partial charge in [0.05, 0.1) is 0 Å². The number of aryl methyl sites for hydroxylation is 1. The highest BCUT2D eigenvalue weighted by molar-refractivity contribution is 5.95. The smallest absolute Gasteiger partial charge is 0.248 e. The summed E-state index contributed by atoms with van der Waals surface area (Å²) in [5.41, 5.74) is 12.1. The van der Waals surface area contributed by atoms with E-state index in [0.717, 1.165) is 18.7 Å². The minimum absolute atomic E-state index is 0.383. The molecule has 1 amide bonds. The molecule has 2 aromatic rings. The molecule has 0 unspecified atom stereocenters. The number of hydrogen-bond acceptors (Lipinski definition) is 2. The lowest BCUT2D eigenvalue weighted by molar-refractivity contribution is 0.100. The van der Waals surface area contributed by atoms with Crippen molar-refractivity contribution in [3.8, 4) is 0 Å². The second-order valence-corrected chi connectivity index (χ2v) is 5.87. The van der Waals surface area contributed by atoms with Crippen LogP contribution in [0.5, 0.6) is 0 Å². The van der Waals surface area contributed by atoms with E-state index in [-0.39, 0.29) is 5.91 Å². The number of rotatable bonds is 3. The first-order chi connectivity index (χ1) is 10.5. The molecule has 112 valence electrons. The van der Waals surface area contributed by atoms with Crippen molar-refractivity contribution in [2.24, 2.45) is 5.73 Å². The molecule has 0 saturated carbocycles. The van der Waals surface area contributed by atoms with Crippen molar-refractivity contribution in [1.29, 1.82) is 0 Å². The lowest BCUT2D eigenvalue weighted by Crippen LogP contribution is -2.23. The lowest BCUT2D eigenvalue weighted by atomic mass is 9.92. The molecule has 2 N–H and O–H groups in total. The van der Waals surface area contributed by atoms with Crippen LogP contribution in [0.25, 0.3) is 5.57 Å². The number of fused-ring (bicyclic) bond motifs is 1. The Bertz CT molecular complexity index is 745. The second-order valence-electron chi connectivity index (χ2n) is 5.87. The van der Waals surface area contributed by atoms with Crippen LogP contribution < -0.4 is 10.6 Å². The molecule has 0 saturated heterocycles. The average Bonchev–Trinajstić information content (AvgIpc) is 2.52. The van der Waals surface area contributed by atoms with Crippen molar-refractivity contribution < 1.29 is 4.79 Å². The molecule has 0 atom stereocenters. The first-order valence-corrected chi connectivity index (χ1v) is 7.44. The Morgan fingerprint density at radius 3 is 2.59 bits per heavy atom. The zero-order valence-corrected chi connectivity index (χ0v) is 13.0. The standard InChI is InChI=1S/C19H20N2O/c1-13-3-5-14(6-4-13)11-15-9-10-21(2)18-12-16(19(20)22)7-8-17(15)18/h3-9,12H,10-11H2,1-2H3,(H2,20,22).